The van der Waals surface area contributed by atoms with E-state index in [0.29, 0.717) is 4.91 Å². The van der Waals surface area contributed by atoms with E-state index < -0.39 is 22.7 Å². The van der Waals surface area contributed by atoms with Crippen LogP contribution in [-0.4, -0.2) is 38.7 Å². The van der Waals surface area contributed by atoms with E-state index in [-0.39, 0.29) is 12.1 Å². The van der Waals surface area contributed by atoms with Crippen molar-refractivity contribution in [3.05, 3.63) is 27.9 Å². The number of carbonyl (C=O) groups excluding carboxylic acids is 3. The number of ether oxygens (including phenoxy) is 1. The van der Waals surface area contributed by atoms with Gasteiger partial charge >= 0.3 is 5.97 Å². The van der Waals surface area contributed by atoms with E-state index in [2.05, 4.69) is 25.3 Å². The van der Waals surface area contributed by atoms with Crippen LogP contribution in [0, 0.1) is 13.8 Å². The Hall–Kier alpha value is -2.02. The summed E-state index contributed by atoms with van der Waals surface area (Å²) in [5.41, 5.74) is 2.25. The molecule has 1 aromatic rings. The number of amides is 2. The van der Waals surface area contributed by atoms with Crippen molar-refractivity contribution in [2.24, 2.45) is 0 Å². The molecule has 0 saturated carbocycles. The monoisotopic (exact) mass is 392 g/mol. The average molecular weight is 393 g/mol. The Bertz CT molecular complexity index is 822. The Morgan fingerprint density at radius 3 is 2.22 bits per heavy atom. The maximum absolute atomic E-state index is 12.6. The molecule has 1 aliphatic heterocycles. The Balaban J connectivity index is 2.26. The summed E-state index contributed by atoms with van der Waals surface area (Å²) in [6.07, 6.45) is 1.73. The van der Waals surface area contributed by atoms with Crippen molar-refractivity contribution in [1.29, 1.82) is 0 Å². The molecule has 1 fully saturated rings. The van der Waals surface area contributed by atoms with Crippen molar-refractivity contribution in [1.82, 2.24) is 9.47 Å². The SMILES string of the molecule is Cc1cc(C=C2SC(=O)N(CC(=O)OC(C)(C)C)C2=O)c(C)n1C(C)(C)C. The van der Waals surface area contributed by atoms with Crippen molar-refractivity contribution in [2.75, 3.05) is 6.54 Å². The molecule has 2 rings (SSSR count). The summed E-state index contributed by atoms with van der Waals surface area (Å²) in [6, 6.07) is 2.00. The fraction of sp³-hybridized carbons (Fsp3) is 0.550. The van der Waals surface area contributed by atoms with Crippen LogP contribution in [0.4, 0.5) is 4.79 Å². The Morgan fingerprint density at radius 2 is 1.74 bits per heavy atom. The highest BCUT2D eigenvalue weighted by Gasteiger charge is 2.37. The summed E-state index contributed by atoms with van der Waals surface area (Å²) in [4.78, 5) is 38.1. The first-order chi connectivity index (χ1) is 12.2. The second-order valence-electron chi connectivity index (χ2n) is 8.69. The highest BCUT2D eigenvalue weighted by molar-refractivity contribution is 8.18. The van der Waals surface area contributed by atoms with Crippen LogP contribution in [0.1, 0.15) is 58.5 Å². The maximum atomic E-state index is 12.6. The lowest BCUT2D eigenvalue weighted by Crippen LogP contribution is -2.37. The topological polar surface area (TPSA) is 68.6 Å². The van der Waals surface area contributed by atoms with Crippen LogP contribution in [0.15, 0.2) is 11.0 Å². The van der Waals surface area contributed by atoms with Gasteiger partial charge in [-0.25, -0.2) is 0 Å². The van der Waals surface area contributed by atoms with E-state index in [1.807, 2.05) is 19.9 Å². The first-order valence-corrected chi connectivity index (χ1v) is 9.69. The Morgan fingerprint density at radius 1 is 1.15 bits per heavy atom. The lowest BCUT2D eigenvalue weighted by atomic mass is 10.1. The molecule has 7 heteroatoms. The molecule has 1 saturated heterocycles. The number of hydrogen-bond donors (Lipinski definition) is 0. The van der Waals surface area contributed by atoms with Gasteiger partial charge in [0.1, 0.15) is 12.1 Å². The van der Waals surface area contributed by atoms with E-state index in [1.165, 1.54) is 0 Å². The van der Waals surface area contributed by atoms with Gasteiger partial charge in [-0.05, 0) is 84.9 Å². The third-order valence-electron chi connectivity index (χ3n) is 4.01. The number of imide groups is 1. The summed E-state index contributed by atoms with van der Waals surface area (Å²) >= 11 is 0.849. The summed E-state index contributed by atoms with van der Waals surface area (Å²) < 4.78 is 7.41. The molecule has 27 heavy (non-hydrogen) atoms. The fourth-order valence-electron chi connectivity index (χ4n) is 3.25. The van der Waals surface area contributed by atoms with Crippen LogP contribution < -0.4 is 0 Å². The van der Waals surface area contributed by atoms with Gasteiger partial charge in [-0.2, -0.15) is 0 Å². The molecule has 1 aliphatic rings. The molecule has 2 amide bonds. The molecule has 0 unspecified atom stereocenters. The van der Waals surface area contributed by atoms with Gasteiger partial charge in [0.15, 0.2) is 0 Å². The van der Waals surface area contributed by atoms with Gasteiger partial charge in [-0.3, -0.25) is 19.3 Å². The first kappa shape index (κ1) is 21.3. The summed E-state index contributed by atoms with van der Waals surface area (Å²) in [5, 5.41) is -0.457. The van der Waals surface area contributed by atoms with E-state index in [1.54, 1.807) is 26.8 Å². The van der Waals surface area contributed by atoms with Crippen LogP contribution in [0.2, 0.25) is 0 Å². The molecular weight excluding hydrogens is 364 g/mol. The normalized spacial score (nSPS) is 17.2. The van der Waals surface area contributed by atoms with Gasteiger partial charge in [0.25, 0.3) is 11.1 Å². The minimum Gasteiger partial charge on any atom is -0.459 e. The molecule has 0 spiro atoms. The molecule has 0 radical (unpaired) electrons. The van der Waals surface area contributed by atoms with E-state index in [4.69, 9.17) is 4.74 Å². The Kier molecular flexibility index (Phi) is 5.66. The lowest BCUT2D eigenvalue weighted by Gasteiger charge is -2.25. The van der Waals surface area contributed by atoms with Gasteiger partial charge in [-0.1, -0.05) is 0 Å². The largest absolute Gasteiger partial charge is 0.459 e. The molecule has 0 aliphatic carbocycles. The quantitative estimate of drug-likeness (QED) is 0.568. The number of nitrogens with zero attached hydrogens (tertiary/aromatic N) is 2. The molecule has 148 valence electrons. The van der Waals surface area contributed by atoms with Crippen LogP contribution in [-0.2, 0) is 19.9 Å². The van der Waals surface area contributed by atoms with Crippen molar-refractivity contribution in [3.63, 3.8) is 0 Å². The molecule has 6 nitrogen and oxygen atoms in total. The minimum atomic E-state index is -0.667. The third-order valence-corrected chi connectivity index (χ3v) is 4.92. The molecule has 0 bridgehead atoms. The van der Waals surface area contributed by atoms with Crippen LogP contribution in [0.5, 0.6) is 0 Å². The molecule has 2 heterocycles. The summed E-state index contributed by atoms with van der Waals surface area (Å²) in [6.45, 7) is 15.2. The number of thioether (sulfide) groups is 1. The number of hydrogen-bond acceptors (Lipinski definition) is 5. The highest BCUT2D eigenvalue weighted by Crippen LogP contribution is 2.34. The zero-order chi connectivity index (χ0) is 20.7. The summed E-state index contributed by atoms with van der Waals surface area (Å²) in [5.74, 6) is -1.06. The Labute approximate surface area is 164 Å². The zero-order valence-electron chi connectivity index (χ0n) is 17.3. The fourth-order valence-corrected chi connectivity index (χ4v) is 4.08. The standard InChI is InChI=1S/C20H28N2O4S/c1-12-9-14(13(2)22(12)19(3,4)5)10-15-17(24)21(18(25)27-15)11-16(23)26-20(6,7)8/h9-10H,11H2,1-8H3. The van der Waals surface area contributed by atoms with Gasteiger partial charge in [0.2, 0.25) is 0 Å². The van der Waals surface area contributed by atoms with Crippen molar-refractivity contribution in [3.8, 4) is 0 Å². The number of aryl methyl sites for hydroxylation is 1. The van der Waals surface area contributed by atoms with Gasteiger partial charge < -0.3 is 9.30 Å². The first-order valence-electron chi connectivity index (χ1n) is 8.87. The zero-order valence-corrected chi connectivity index (χ0v) is 18.1. The third kappa shape index (κ3) is 4.83. The maximum Gasteiger partial charge on any atom is 0.326 e. The second-order valence-corrected chi connectivity index (χ2v) is 9.68. The minimum absolute atomic E-state index is 0.0870. The van der Waals surface area contributed by atoms with Crippen LogP contribution in [0.3, 0.4) is 0 Å². The van der Waals surface area contributed by atoms with Crippen LogP contribution >= 0.6 is 11.8 Å². The average Bonchev–Trinajstić information content (AvgIpc) is 2.87. The molecule has 0 aromatic carbocycles. The predicted octanol–water partition coefficient (Wildman–Crippen LogP) is 4.24. The number of aromatic nitrogens is 1. The smallest absolute Gasteiger partial charge is 0.326 e. The predicted molar refractivity (Wildman–Crippen MR) is 107 cm³/mol. The van der Waals surface area contributed by atoms with E-state index in [0.717, 1.165) is 33.6 Å². The summed E-state index contributed by atoms with van der Waals surface area (Å²) in [7, 11) is 0. The van der Waals surface area contributed by atoms with Crippen molar-refractivity contribution in [2.45, 2.75) is 66.5 Å². The highest BCUT2D eigenvalue weighted by atomic mass is 32.2. The number of carbonyl (C=O) groups is 3. The van der Waals surface area contributed by atoms with Gasteiger partial charge in [-0.15, -0.1) is 0 Å². The molecular formula is C20H28N2O4S. The molecule has 0 atom stereocenters. The van der Waals surface area contributed by atoms with E-state index >= 15 is 0 Å². The van der Waals surface area contributed by atoms with Crippen molar-refractivity contribution >= 4 is 35.0 Å². The lowest BCUT2D eigenvalue weighted by molar-refractivity contribution is -0.156. The second kappa shape index (κ2) is 7.19. The van der Waals surface area contributed by atoms with E-state index in [9.17, 15) is 14.4 Å². The van der Waals surface area contributed by atoms with Gasteiger partial charge in [0.05, 0.1) is 4.91 Å². The van der Waals surface area contributed by atoms with Gasteiger partial charge in [0, 0.05) is 16.9 Å². The van der Waals surface area contributed by atoms with Crippen molar-refractivity contribution < 1.29 is 19.1 Å². The number of rotatable bonds is 3. The molecule has 0 N–H and O–H groups in total. The van der Waals surface area contributed by atoms with Crippen LogP contribution in [0.25, 0.3) is 6.08 Å². The molecule has 1 aromatic heterocycles. The number of esters is 1.